The van der Waals surface area contributed by atoms with Crippen LogP contribution in [-0.2, 0) is 16.0 Å². The highest BCUT2D eigenvalue weighted by Crippen LogP contribution is 2.32. The van der Waals surface area contributed by atoms with Gasteiger partial charge in [-0.05, 0) is 54.8 Å². The lowest BCUT2D eigenvalue weighted by Gasteiger charge is -2.22. The molecule has 2 heterocycles. The van der Waals surface area contributed by atoms with Crippen molar-refractivity contribution in [2.45, 2.75) is 38.0 Å². The Morgan fingerprint density at radius 1 is 1.07 bits per heavy atom. The lowest BCUT2D eigenvalue weighted by molar-refractivity contribution is -0.122. The van der Waals surface area contributed by atoms with Crippen molar-refractivity contribution >= 4 is 17.5 Å². The summed E-state index contributed by atoms with van der Waals surface area (Å²) in [4.78, 5) is 33.0. The number of amides is 2. The minimum absolute atomic E-state index is 0.147. The predicted octanol–water partition coefficient (Wildman–Crippen LogP) is 5.40. The highest BCUT2D eigenvalue weighted by molar-refractivity contribution is 6.06. The largest absolute Gasteiger partial charge is 0.433 e. The van der Waals surface area contributed by atoms with Crippen molar-refractivity contribution in [2.75, 3.05) is 13.2 Å². The van der Waals surface area contributed by atoms with Gasteiger partial charge in [0.15, 0.2) is 0 Å². The first-order valence-corrected chi connectivity index (χ1v) is 13.1. The van der Waals surface area contributed by atoms with Crippen LogP contribution in [0.15, 0.2) is 71.4 Å². The molecule has 1 aromatic heterocycles. The Labute approximate surface area is 242 Å². The first kappa shape index (κ1) is 31.4. The number of aliphatic imine (C=N–C) groups is 1. The minimum Gasteiger partial charge on any atom is -0.377 e. The Morgan fingerprint density at radius 3 is 2.44 bits per heavy atom. The van der Waals surface area contributed by atoms with Crippen molar-refractivity contribution in [2.24, 2.45) is 10.7 Å². The fourth-order valence-electron chi connectivity index (χ4n) is 4.73. The zero-order valence-corrected chi connectivity index (χ0v) is 22.7. The van der Waals surface area contributed by atoms with Crippen LogP contribution in [0.2, 0.25) is 0 Å². The second-order valence-electron chi connectivity index (χ2n) is 9.67. The number of nitrogens with zero attached hydrogens (tertiary/aromatic N) is 2. The van der Waals surface area contributed by atoms with Crippen LogP contribution >= 0.6 is 0 Å². The van der Waals surface area contributed by atoms with E-state index in [9.17, 15) is 35.9 Å². The number of halogens is 6. The van der Waals surface area contributed by atoms with Crippen LogP contribution in [0.4, 0.5) is 26.3 Å². The SMILES string of the molecule is CCOCC1=CC(CC(=O)N[C@@H](Cc2cc(F)cc(F)c2)c2ncccc2-c2ccc(F)c(C(N)=O)c2)N=C1C(F)(F)F. The highest BCUT2D eigenvalue weighted by Gasteiger charge is 2.41. The third kappa shape index (κ3) is 7.86. The first-order chi connectivity index (χ1) is 20.3. The van der Waals surface area contributed by atoms with E-state index >= 15 is 0 Å². The number of nitrogens with two attached hydrogens (primary N) is 1. The maximum Gasteiger partial charge on any atom is 0.433 e. The van der Waals surface area contributed by atoms with Gasteiger partial charge in [-0.2, -0.15) is 13.2 Å². The average Bonchev–Trinajstić information content (AvgIpc) is 3.34. The Hall–Kier alpha value is -4.52. The summed E-state index contributed by atoms with van der Waals surface area (Å²) in [6.45, 7) is 1.47. The number of hydrogen-bond donors (Lipinski definition) is 2. The van der Waals surface area contributed by atoms with E-state index in [4.69, 9.17) is 10.5 Å². The van der Waals surface area contributed by atoms with E-state index in [1.165, 1.54) is 24.4 Å². The van der Waals surface area contributed by atoms with Crippen LogP contribution in [0, 0.1) is 17.5 Å². The molecule has 0 spiro atoms. The Kier molecular flexibility index (Phi) is 9.64. The molecular weight excluding hydrogens is 578 g/mol. The zero-order valence-electron chi connectivity index (χ0n) is 22.7. The summed E-state index contributed by atoms with van der Waals surface area (Å²) in [6.07, 6.45) is -2.80. The highest BCUT2D eigenvalue weighted by atomic mass is 19.4. The van der Waals surface area contributed by atoms with E-state index in [2.05, 4.69) is 15.3 Å². The van der Waals surface area contributed by atoms with E-state index in [0.717, 1.165) is 18.2 Å². The first-order valence-electron chi connectivity index (χ1n) is 13.1. The third-order valence-corrected chi connectivity index (χ3v) is 6.53. The molecule has 13 heteroatoms. The summed E-state index contributed by atoms with van der Waals surface area (Å²) in [5.41, 5.74) is 4.56. The number of nitrogens with one attached hydrogen (secondary N) is 1. The number of aromatic nitrogens is 1. The maximum atomic E-state index is 14.2. The second kappa shape index (κ2) is 13.2. The van der Waals surface area contributed by atoms with E-state index < -0.39 is 65.2 Å². The van der Waals surface area contributed by atoms with Gasteiger partial charge >= 0.3 is 6.18 Å². The minimum atomic E-state index is -4.75. The number of alkyl halides is 3. The molecule has 2 aromatic carbocycles. The van der Waals surface area contributed by atoms with Gasteiger partial charge < -0.3 is 15.8 Å². The van der Waals surface area contributed by atoms with Gasteiger partial charge in [0, 0.05) is 30.0 Å². The topological polar surface area (TPSA) is 107 Å². The standard InChI is InChI=1S/C30H26F6N4O3/c1-2-43-15-18-11-21(39-28(18)30(34,35)36)14-26(41)40-25(10-16-8-19(31)13-20(32)9-16)27-22(4-3-7-38-27)17-5-6-24(33)23(12-17)29(37)42/h3-9,11-13,21,25H,2,10,14-15H2,1H3,(H2,37,42)(H,40,41)/t21?,25-/m0/s1. The summed E-state index contributed by atoms with van der Waals surface area (Å²) in [5, 5.41) is 2.70. The Morgan fingerprint density at radius 2 is 1.79 bits per heavy atom. The van der Waals surface area contributed by atoms with Crippen LogP contribution in [-0.4, -0.2) is 47.9 Å². The summed E-state index contributed by atoms with van der Waals surface area (Å²) in [7, 11) is 0. The quantitative estimate of drug-likeness (QED) is 0.286. The molecule has 0 saturated heterocycles. The van der Waals surface area contributed by atoms with Crippen molar-refractivity contribution in [1.29, 1.82) is 0 Å². The normalized spacial score (nSPS) is 15.6. The number of pyridine rings is 1. The molecule has 1 aliphatic heterocycles. The van der Waals surface area contributed by atoms with Gasteiger partial charge in [-0.3, -0.25) is 19.6 Å². The number of rotatable bonds is 11. The van der Waals surface area contributed by atoms with Gasteiger partial charge in [-0.25, -0.2) is 13.2 Å². The van der Waals surface area contributed by atoms with Crippen molar-refractivity contribution < 1.29 is 40.7 Å². The molecule has 0 saturated carbocycles. The molecule has 3 aromatic rings. The van der Waals surface area contributed by atoms with E-state index in [1.54, 1.807) is 19.1 Å². The molecule has 0 aliphatic carbocycles. The smallest absolute Gasteiger partial charge is 0.377 e. The summed E-state index contributed by atoms with van der Waals surface area (Å²) < 4.78 is 88.0. The van der Waals surface area contributed by atoms with Crippen LogP contribution < -0.4 is 11.1 Å². The molecule has 7 nitrogen and oxygen atoms in total. The second-order valence-corrected chi connectivity index (χ2v) is 9.67. The molecule has 43 heavy (non-hydrogen) atoms. The van der Waals surface area contributed by atoms with Gasteiger partial charge in [-0.15, -0.1) is 0 Å². The number of carbonyl (C=O) groups is 2. The number of ether oxygens (including phenoxy) is 1. The van der Waals surface area contributed by atoms with Crippen molar-refractivity contribution in [3.63, 3.8) is 0 Å². The average molecular weight is 605 g/mol. The van der Waals surface area contributed by atoms with Crippen LogP contribution in [0.25, 0.3) is 11.1 Å². The van der Waals surface area contributed by atoms with Gasteiger partial charge in [0.25, 0.3) is 5.91 Å². The third-order valence-electron chi connectivity index (χ3n) is 6.53. The number of primary amides is 1. The monoisotopic (exact) mass is 604 g/mol. The Bertz CT molecular complexity index is 1570. The van der Waals surface area contributed by atoms with Gasteiger partial charge in [0.2, 0.25) is 5.91 Å². The van der Waals surface area contributed by atoms with E-state index in [0.29, 0.717) is 17.2 Å². The van der Waals surface area contributed by atoms with E-state index in [-0.39, 0.29) is 36.5 Å². The molecular formula is C30H26F6N4O3. The van der Waals surface area contributed by atoms with E-state index in [1.807, 2.05) is 0 Å². The van der Waals surface area contributed by atoms with Gasteiger partial charge in [0.1, 0.15) is 23.2 Å². The molecule has 3 N–H and O–H groups in total. The zero-order chi connectivity index (χ0) is 31.3. The van der Waals surface area contributed by atoms with Crippen molar-refractivity contribution in [3.8, 4) is 11.1 Å². The molecule has 1 aliphatic rings. The van der Waals surface area contributed by atoms with Gasteiger partial charge in [0.05, 0.1) is 36.4 Å². The number of hydrogen-bond acceptors (Lipinski definition) is 5. The van der Waals surface area contributed by atoms with Crippen LogP contribution in [0.3, 0.4) is 0 Å². The fraction of sp³-hybridized carbons (Fsp3) is 0.267. The molecule has 0 radical (unpaired) electrons. The molecule has 0 bridgehead atoms. The predicted molar refractivity (Wildman–Crippen MR) is 146 cm³/mol. The van der Waals surface area contributed by atoms with Crippen LogP contribution in [0.5, 0.6) is 0 Å². The fourth-order valence-corrected chi connectivity index (χ4v) is 4.73. The van der Waals surface area contributed by atoms with Crippen LogP contribution in [0.1, 0.15) is 41.0 Å². The lowest BCUT2D eigenvalue weighted by Crippen LogP contribution is -2.32. The number of carbonyl (C=O) groups excluding carboxylic acids is 2. The Balaban J connectivity index is 1.69. The molecule has 0 fully saturated rings. The van der Waals surface area contributed by atoms with Crippen molar-refractivity contribution in [1.82, 2.24) is 10.3 Å². The summed E-state index contributed by atoms with van der Waals surface area (Å²) in [5.74, 6) is -4.32. The number of benzene rings is 2. The molecule has 1 unspecified atom stereocenters. The molecule has 2 amide bonds. The maximum absolute atomic E-state index is 14.2. The summed E-state index contributed by atoms with van der Waals surface area (Å²) in [6, 6.07) is 7.31. The molecule has 4 rings (SSSR count). The van der Waals surface area contributed by atoms with Crippen molar-refractivity contribution in [3.05, 3.63) is 101 Å². The van der Waals surface area contributed by atoms with Gasteiger partial charge in [-0.1, -0.05) is 18.2 Å². The lowest BCUT2D eigenvalue weighted by atomic mass is 9.94. The summed E-state index contributed by atoms with van der Waals surface area (Å²) >= 11 is 0. The molecule has 2 atom stereocenters. The molecule has 226 valence electrons.